The van der Waals surface area contributed by atoms with E-state index < -0.39 is 0 Å². The lowest BCUT2D eigenvalue weighted by Gasteiger charge is -2.29. The molecule has 1 N–H and O–H groups in total. The highest BCUT2D eigenvalue weighted by atomic mass is 16.6. The van der Waals surface area contributed by atoms with Gasteiger partial charge in [-0.3, -0.25) is 10.1 Å². The molecule has 5 nitrogen and oxygen atoms in total. The molecule has 2 atom stereocenters. The normalized spacial score (nSPS) is 23.8. The number of nitrogens with zero attached hydrogens (tertiary/aromatic N) is 1. The summed E-state index contributed by atoms with van der Waals surface area (Å²) < 4.78 is 5.81. The zero-order chi connectivity index (χ0) is 13.0. The SMILES string of the molecule is CC1CCNCC1OCc1ccccc1[N+](=O)[O-]. The average molecular weight is 250 g/mol. The van der Waals surface area contributed by atoms with Gasteiger partial charge in [0, 0.05) is 12.6 Å². The molecule has 1 aromatic carbocycles. The van der Waals surface area contributed by atoms with E-state index >= 15 is 0 Å². The fraction of sp³-hybridized carbons (Fsp3) is 0.538. The van der Waals surface area contributed by atoms with Crippen LogP contribution in [0, 0.1) is 16.0 Å². The Labute approximate surface area is 106 Å². The van der Waals surface area contributed by atoms with Crippen molar-refractivity contribution in [2.75, 3.05) is 13.1 Å². The van der Waals surface area contributed by atoms with Crippen LogP contribution in [-0.4, -0.2) is 24.1 Å². The molecule has 0 amide bonds. The lowest BCUT2D eigenvalue weighted by atomic mass is 9.97. The summed E-state index contributed by atoms with van der Waals surface area (Å²) in [6, 6.07) is 6.74. The second-order valence-corrected chi connectivity index (χ2v) is 4.71. The summed E-state index contributed by atoms with van der Waals surface area (Å²) in [6.45, 7) is 4.30. The predicted molar refractivity (Wildman–Crippen MR) is 68.3 cm³/mol. The third-order valence-corrected chi connectivity index (χ3v) is 3.40. The summed E-state index contributed by atoms with van der Waals surface area (Å²) in [4.78, 5) is 10.5. The van der Waals surface area contributed by atoms with Crippen molar-refractivity contribution in [3.8, 4) is 0 Å². The van der Waals surface area contributed by atoms with E-state index in [1.165, 1.54) is 6.07 Å². The Morgan fingerprint density at radius 3 is 3.00 bits per heavy atom. The highest BCUT2D eigenvalue weighted by Gasteiger charge is 2.22. The van der Waals surface area contributed by atoms with Gasteiger partial charge in [0.2, 0.25) is 0 Å². The molecule has 5 heteroatoms. The molecule has 1 aliphatic heterocycles. The maximum absolute atomic E-state index is 10.9. The third-order valence-electron chi connectivity index (χ3n) is 3.40. The van der Waals surface area contributed by atoms with Crippen molar-refractivity contribution >= 4 is 5.69 Å². The first-order chi connectivity index (χ1) is 8.68. The highest BCUT2D eigenvalue weighted by Crippen LogP contribution is 2.21. The lowest BCUT2D eigenvalue weighted by Crippen LogP contribution is -2.40. The van der Waals surface area contributed by atoms with Crippen molar-refractivity contribution in [2.24, 2.45) is 5.92 Å². The molecule has 0 spiro atoms. The van der Waals surface area contributed by atoms with Crippen molar-refractivity contribution in [1.29, 1.82) is 0 Å². The van der Waals surface area contributed by atoms with Gasteiger partial charge in [-0.1, -0.05) is 19.1 Å². The average Bonchev–Trinajstić information content (AvgIpc) is 2.38. The molecule has 2 unspecified atom stereocenters. The van der Waals surface area contributed by atoms with Crippen molar-refractivity contribution in [1.82, 2.24) is 5.32 Å². The number of nitrogens with one attached hydrogen (secondary N) is 1. The van der Waals surface area contributed by atoms with E-state index in [0.717, 1.165) is 19.5 Å². The van der Waals surface area contributed by atoms with Crippen LogP contribution in [0.2, 0.25) is 0 Å². The monoisotopic (exact) mass is 250 g/mol. The smallest absolute Gasteiger partial charge is 0.274 e. The molecule has 1 fully saturated rings. The Morgan fingerprint density at radius 2 is 2.28 bits per heavy atom. The highest BCUT2D eigenvalue weighted by molar-refractivity contribution is 5.39. The Kier molecular flexibility index (Phi) is 4.28. The molecule has 1 saturated heterocycles. The molecule has 0 aliphatic carbocycles. The molecule has 2 rings (SSSR count). The first kappa shape index (κ1) is 13.0. The van der Waals surface area contributed by atoms with Crippen molar-refractivity contribution in [3.63, 3.8) is 0 Å². The van der Waals surface area contributed by atoms with Crippen molar-refractivity contribution < 1.29 is 9.66 Å². The second kappa shape index (κ2) is 5.93. The van der Waals surface area contributed by atoms with Gasteiger partial charge in [0.25, 0.3) is 5.69 Å². The number of nitro benzene ring substituents is 1. The topological polar surface area (TPSA) is 64.4 Å². The van der Waals surface area contributed by atoms with Gasteiger partial charge in [-0.2, -0.15) is 0 Å². The molecule has 1 aromatic rings. The molecule has 0 aromatic heterocycles. The van der Waals surface area contributed by atoms with Gasteiger partial charge in [-0.05, 0) is 24.9 Å². The van der Waals surface area contributed by atoms with Crippen LogP contribution in [0.25, 0.3) is 0 Å². The lowest BCUT2D eigenvalue weighted by molar-refractivity contribution is -0.386. The first-order valence-corrected chi connectivity index (χ1v) is 6.23. The van der Waals surface area contributed by atoms with Crippen LogP contribution in [0.5, 0.6) is 0 Å². The van der Waals surface area contributed by atoms with E-state index in [1.807, 2.05) is 0 Å². The van der Waals surface area contributed by atoms with Gasteiger partial charge < -0.3 is 10.1 Å². The Morgan fingerprint density at radius 1 is 1.50 bits per heavy atom. The molecule has 0 bridgehead atoms. The number of hydrogen-bond donors (Lipinski definition) is 1. The zero-order valence-corrected chi connectivity index (χ0v) is 10.5. The van der Waals surface area contributed by atoms with Crippen molar-refractivity contribution in [2.45, 2.75) is 26.1 Å². The van der Waals surface area contributed by atoms with E-state index in [2.05, 4.69) is 12.2 Å². The largest absolute Gasteiger partial charge is 0.372 e. The summed E-state index contributed by atoms with van der Waals surface area (Å²) in [5.74, 6) is 0.494. The number of ether oxygens (including phenoxy) is 1. The summed E-state index contributed by atoms with van der Waals surface area (Å²) in [5, 5.41) is 14.2. The Bertz CT molecular complexity index is 422. The van der Waals surface area contributed by atoms with E-state index in [9.17, 15) is 10.1 Å². The van der Waals surface area contributed by atoms with Crippen LogP contribution in [0.4, 0.5) is 5.69 Å². The Hall–Kier alpha value is -1.46. The van der Waals surface area contributed by atoms with Gasteiger partial charge >= 0.3 is 0 Å². The molecular weight excluding hydrogens is 232 g/mol. The van der Waals surface area contributed by atoms with Gasteiger partial charge in [-0.15, -0.1) is 0 Å². The number of piperidine rings is 1. The zero-order valence-electron chi connectivity index (χ0n) is 10.5. The van der Waals surface area contributed by atoms with E-state index in [4.69, 9.17) is 4.74 Å². The van der Waals surface area contributed by atoms with Crippen molar-refractivity contribution in [3.05, 3.63) is 39.9 Å². The van der Waals surface area contributed by atoms with Crippen LogP contribution in [-0.2, 0) is 11.3 Å². The fourth-order valence-corrected chi connectivity index (χ4v) is 2.19. The standard InChI is InChI=1S/C13H18N2O3/c1-10-6-7-14-8-13(10)18-9-11-4-2-3-5-12(11)15(16)17/h2-5,10,13-14H,6-9H2,1H3. The maximum Gasteiger partial charge on any atom is 0.274 e. The summed E-state index contributed by atoms with van der Waals surface area (Å²) in [7, 11) is 0. The minimum Gasteiger partial charge on any atom is -0.372 e. The van der Waals surface area contributed by atoms with Crippen LogP contribution in [0.3, 0.4) is 0 Å². The van der Waals surface area contributed by atoms with E-state index in [0.29, 0.717) is 18.1 Å². The van der Waals surface area contributed by atoms with Crippen LogP contribution >= 0.6 is 0 Å². The summed E-state index contributed by atoms with van der Waals surface area (Å²) >= 11 is 0. The first-order valence-electron chi connectivity index (χ1n) is 6.23. The second-order valence-electron chi connectivity index (χ2n) is 4.71. The van der Waals surface area contributed by atoms with E-state index in [1.54, 1.807) is 18.2 Å². The predicted octanol–water partition coefficient (Wildman–Crippen LogP) is 2.11. The number of para-hydroxylation sites is 1. The Balaban J connectivity index is 1.99. The van der Waals surface area contributed by atoms with Gasteiger partial charge in [0.1, 0.15) is 0 Å². The molecule has 18 heavy (non-hydrogen) atoms. The molecule has 0 saturated carbocycles. The van der Waals surface area contributed by atoms with Gasteiger partial charge in [0.05, 0.1) is 23.2 Å². The molecule has 1 aliphatic rings. The van der Waals surface area contributed by atoms with Crippen LogP contribution < -0.4 is 5.32 Å². The van der Waals surface area contributed by atoms with Crippen LogP contribution in [0.15, 0.2) is 24.3 Å². The third kappa shape index (κ3) is 3.05. The molecule has 0 radical (unpaired) electrons. The molecule has 1 heterocycles. The summed E-state index contributed by atoms with van der Waals surface area (Å²) in [5.41, 5.74) is 0.772. The number of benzene rings is 1. The number of rotatable bonds is 4. The fourth-order valence-electron chi connectivity index (χ4n) is 2.19. The van der Waals surface area contributed by atoms with E-state index in [-0.39, 0.29) is 16.7 Å². The minimum absolute atomic E-state index is 0.133. The minimum atomic E-state index is -0.360. The molecular formula is C13H18N2O3. The van der Waals surface area contributed by atoms with Gasteiger partial charge in [-0.25, -0.2) is 0 Å². The summed E-state index contributed by atoms with van der Waals surface area (Å²) in [6.07, 6.45) is 1.22. The van der Waals surface area contributed by atoms with Crippen LogP contribution in [0.1, 0.15) is 18.9 Å². The number of hydrogen-bond acceptors (Lipinski definition) is 4. The maximum atomic E-state index is 10.9. The number of nitro groups is 1. The van der Waals surface area contributed by atoms with Gasteiger partial charge in [0.15, 0.2) is 0 Å². The quantitative estimate of drug-likeness (QED) is 0.656. The molecule has 98 valence electrons.